The van der Waals surface area contributed by atoms with E-state index in [1.807, 2.05) is 25.1 Å². The normalized spacial score (nSPS) is 14.9. The third kappa shape index (κ3) is 3.88. The zero-order valence-electron chi connectivity index (χ0n) is 15.7. The molecule has 7 nitrogen and oxygen atoms in total. The van der Waals surface area contributed by atoms with E-state index in [4.69, 9.17) is 14.2 Å². The van der Waals surface area contributed by atoms with E-state index in [-0.39, 0.29) is 18.4 Å². The van der Waals surface area contributed by atoms with Gasteiger partial charge in [0, 0.05) is 24.7 Å². The molecule has 0 atom stereocenters. The molecule has 2 aromatic carbocycles. The molecule has 28 heavy (non-hydrogen) atoms. The number of fused-ring (bicyclic) bond motifs is 2. The number of carbonyl (C=O) groups is 2. The number of rotatable bonds is 5. The molecule has 146 valence electrons. The molecule has 7 heteroatoms. The highest BCUT2D eigenvalue weighted by Crippen LogP contribution is 2.34. The van der Waals surface area contributed by atoms with Crippen molar-refractivity contribution in [3.05, 3.63) is 42.0 Å². The lowest BCUT2D eigenvalue weighted by Gasteiger charge is -2.29. The average Bonchev–Trinajstić information content (AvgIpc) is 2.69. The Bertz CT molecular complexity index is 912. The summed E-state index contributed by atoms with van der Waals surface area (Å²) >= 11 is 0. The quantitative estimate of drug-likeness (QED) is 0.860. The van der Waals surface area contributed by atoms with Crippen LogP contribution in [-0.4, -0.2) is 38.2 Å². The number of benzene rings is 2. The van der Waals surface area contributed by atoms with E-state index in [9.17, 15) is 9.59 Å². The molecule has 0 spiro atoms. The molecule has 0 unspecified atom stereocenters. The third-order valence-corrected chi connectivity index (χ3v) is 4.67. The Morgan fingerprint density at radius 1 is 1.04 bits per heavy atom. The summed E-state index contributed by atoms with van der Waals surface area (Å²) in [5.41, 5.74) is 2.49. The van der Waals surface area contributed by atoms with Crippen molar-refractivity contribution < 1.29 is 23.8 Å². The SMILES string of the molecule is Cc1ccc2c(c1)N(CCCC(=O)Nc1ccc3c(c1)OCCO3)C(=O)CO2. The lowest BCUT2D eigenvalue weighted by atomic mass is 10.1. The lowest BCUT2D eigenvalue weighted by molar-refractivity contribution is -0.121. The molecule has 0 aromatic heterocycles. The van der Waals surface area contributed by atoms with Gasteiger partial charge < -0.3 is 24.4 Å². The van der Waals surface area contributed by atoms with Gasteiger partial charge in [-0.15, -0.1) is 0 Å². The molecule has 0 bridgehead atoms. The Labute approximate surface area is 163 Å². The second-order valence-electron chi connectivity index (χ2n) is 6.82. The molecular weight excluding hydrogens is 360 g/mol. The number of hydrogen-bond donors (Lipinski definition) is 1. The molecule has 0 saturated carbocycles. The lowest BCUT2D eigenvalue weighted by Crippen LogP contribution is -2.39. The maximum Gasteiger partial charge on any atom is 0.265 e. The van der Waals surface area contributed by atoms with Crippen molar-refractivity contribution in [2.45, 2.75) is 19.8 Å². The fourth-order valence-corrected chi connectivity index (χ4v) is 3.30. The van der Waals surface area contributed by atoms with Crippen LogP contribution in [0.25, 0.3) is 0 Å². The fourth-order valence-electron chi connectivity index (χ4n) is 3.30. The van der Waals surface area contributed by atoms with Gasteiger partial charge in [-0.05, 0) is 43.2 Å². The summed E-state index contributed by atoms with van der Waals surface area (Å²) in [6.07, 6.45) is 0.857. The van der Waals surface area contributed by atoms with E-state index in [0.29, 0.717) is 55.5 Å². The van der Waals surface area contributed by atoms with Crippen LogP contribution in [0.1, 0.15) is 18.4 Å². The predicted octanol–water partition coefficient (Wildman–Crippen LogP) is 2.91. The van der Waals surface area contributed by atoms with E-state index in [0.717, 1.165) is 11.3 Å². The van der Waals surface area contributed by atoms with E-state index in [2.05, 4.69) is 5.32 Å². The number of carbonyl (C=O) groups excluding carboxylic acids is 2. The van der Waals surface area contributed by atoms with Crippen LogP contribution < -0.4 is 24.4 Å². The van der Waals surface area contributed by atoms with Gasteiger partial charge in [0.2, 0.25) is 5.91 Å². The zero-order valence-corrected chi connectivity index (χ0v) is 15.7. The number of ether oxygens (including phenoxy) is 3. The molecule has 0 saturated heterocycles. The van der Waals surface area contributed by atoms with Crippen LogP contribution in [0, 0.1) is 6.92 Å². The maximum atomic E-state index is 12.3. The van der Waals surface area contributed by atoms with Crippen LogP contribution in [0.4, 0.5) is 11.4 Å². The van der Waals surface area contributed by atoms with Gasteiger partial charge in [-0.3, -0.25) is 9.59 Å². The van der Waals surface area contributed by atoms with Crippen molar-refractivity contribution in [2.75, 3.05) is 36.6 Å². The van der Waals surface area contributed by atoms with Gasteiger partial charge >= 0.3 is 0 Å². The van der Waals surface area contributed by atoms with Gasteiger partial charge in [-0.2, -0.15) is 0 Å². The summed E-state index contributed by atoms with van der Waals surface area (Å²) in [7, 11) is 0. The molecule has 2 aromatic rings. The molecule has 4 rings (SSSR count). The monoisotopic (exact) mass is 382 g/mol. The number of anilines is 2. The van der Waals surface area contributed by atoms with E-state index in [1.165, 1.54) is 0 Å². The summed E-state index contributed by atoms with van der Waals surface area (Å²) in [5.74, 6) is 1.82. The second-order valence-corrected chi connectivity index (χ2v) is 6.82. The highest BCUT2D eigenvalue weighted by atomic mass is 16.6. The van der Waals surface area contributed by atoms with E-state index >= 15 is 0 Å². The Hall–Kier alpha value is -3.22. The van der Waals surface area contributed by atoms with Crippen molar-refractivity contribution in [1.82, 2.24) is 0 Å². The number of hydrogen-bond acceptors (Lipinski definition) is 5. The molecule has 2 aliphatic rings. The molecule has 2 heterocycles. The summed E-state index contributed by atoms with van der Waals surface area (Å²) in [4.78, 5) is 26.2. The summed E-state index contributed by atoms with van der Waals surface area (Å²) in [6.45, 7) is 3.49. The van der Waals surface area contributed by atoms with Crippen LogP contribution in [0.2, 0.25) is 0 Å². The van der Waals surface area contributed by atoms with Crippen LogP contribution in [0.3, 0.4) is 0 Å². The van der Waals surface area contributed by atoms with Crippen molar-refractivity contribution in [3.63, 3.8) is 0 Å². The molecule has 1 N–H and O–H groups in total. The number of nitrogens with zero attached hydrogens (tertiary/aromatic N) is 1. The first-order chi connectivity index (χ1) is 13.6. The zero-order chi connectivity index (χ0) is 19.5. The number of aryl methyl sites for hydroxylation is 1. The smallest absolute Gasteiger partial charge is 0.265 e. The highest BCUT2D eigenvalue weighted by Gasteiger charge is 2.25. The molecule has 2 aliphatic heterocycles. The largest absolute Gasteiger partial charge is 0.486 e. The minimum absolute atomic E-state index is 0.0272. The Morgan fingerprint density at radius 2 is 1.82 bits per heavy atom. The van der Waals surface area contributed by atoms with Gasteiger partial charge in [0.25, 0.3) is 5.91 Å². The van der Waals surface area contributed by atoms with E-state index in [1.54, 1.807) is 23.1 Å². The van der Waals surface area contributed by atoms with Crippen molar-refractivity contribution in [1.29, 1.82) is 0 Å². The molecular formula is C21H22N2O5. The Balaban J connectivity index is 1.33. The Kier molecular flexibility index (Phi) is 5.06. The van der Waals surface area contributed by atoms with Crippen LogP contribution in [-0.2, 0) is 9.59 Å². The minimum atomic E-state index is -0.109. The van der Waals surface area contributed by atoms with Gasteiger partial charge in [0.1, 0.15) is 19.0 Å². The van der Waals surface area contributed by atoms with Gasteiger partial charge in [0.15, 0.2) is 18.1 Å². The van der Waals surface area contributed by atoms with E-state index < -0.39 is 0 Å². The standard InChI is InChI=1S/C21H22N2O5/c1-14-4-6-17-16(11-14)23(21(25)13-28-17)8-2-3-20(24)22-15-5-7-18-19(12-15)27-10-9-26-18/h4-7,11-12H,2-3,8-10,13H2,1H3,(H,22,24). The summed E-state index contributed by atoms with van der Waals surface area (Å²) in [6, 6.07) is 11.1. The molecule has 0 aliphatic carbocycles. The second kappa shape index (κ2) is 7.80. The topological polar surface area (TPSA) is 77.1 Å². The maximum absolute atomic E-state index is 12.3. The fraction of sp³-hybridized carbons (Fsp3) is 0.333. The van der Waals surface area contributed by atoms with Crippen LogP contribution in [0.15, 0.2) is 36.4 Å². The predicted molar refractivity (Wildman–Crippen MR) is 104 cm³/mol. The number of nitrogens with one attached hydrogen (secondary N) is 1. The number of amides is 2. The van der Waals surface area contributed by atoms with Crippen molar-refractivity contribution in [2.24, 2.45) is 0 Å². The molecule has 0 fully saturated rings. The van der Waals surface area contributed by atoms with Gasteiger partial charge in [0.05, 0.1) is 5.69 Å². The van der Waals surface area contributed by atoms with Crippen molar-refractivity contribution >= 4 is 23.2 Å². The third-order valence-electron chi connectivity index (χ3n) is 4.67. The summed E-state index contributed by atoms with van der Waals surface area (Å²) < 4.78 is 16.5. The Morgan fingerprint density at radius 3 is 2.68 bits per heavy atom. The average molecular weight is 382 g/mol. The molecule has 2 amide bonds. The van der Waals surface area contributed by atoms with Gasteiger partial charge in [-0.25, -0.2) is 0 Å². The first kappa shape index (κ1) is 18.2. The first-order valence-electron chi connectivity index (χ1n) is 9.33. The van der Waals surface area contributed by atoms with Gasteiger partial charge in [-0.1, -0.05) is 6.07 Å². The first-order valence-corrected chi connectivity index (χ1v) is 9.33. The highest BCUT2D eigenvalue weighted by molar-refractivity contribution is 5.98. The minimum Gasteiger partial charge on any atom is -0.486 e. The van der Waals surface area contributed by atoms with Crippen molar-refractivity contribution in [3.8, 4) is 17.2 Å². The van der Waals surface area contributed by atoms with Crippen LogP contribution in [0.5, 0.6) is 17.2 Å². The summed E-state index contributed by atoms with van der Waals surface area (Å²) in [5, 5.41) is 2.87. The molecule has 0 radical (unpaired) electrons. The van der Waals surface area contributed by atoms with Crippen LogP contribution >= 0.6 is 0 Å².